The van der Waals surface area contributed by atoms with E-state index in [9.17, 15) is 0 Å². The number of hydrazine groups is 1. The minimum atomic E-state index is 0.281. The minimum Gasteiger partial charge on any atom is -0.271 e. The molecule has 1 aromatic rings. The third kappa shape index (κ3) is 5.70. The van der Waals surface area contributed by atoms with Crippen LogP contribution in [-0.4, -0.2) is 0 Å². The number of rotatable bonds is 9. The predicted molar refractivity (Wildman–Crippen MR) is 87.8 cm³/mol. The molecule has 5 heteroatoms. The molecule has 0 saturated carbocycles. The first-order valence-corrected chi connectivity index (χ1v) is 9.00. The van der Waals surface area contributed by atoms with Crippen molar-refractivity contribution >= 4 is 43.2 Å². The van der Waals surface area contributed by atoms with E-state index < -0.39 is 0 Å². The number of hydrogen-bond acceptors (Lipinski definition) is 3. The Kier molecular flexibility index (Phi) is 8.76. The average Bonchev–Trinajstić information content (AvgIpc) is 2.69. The fraction of sp³-hybridized carbons (Fsp3) is 0.692. The van der Waals surface area contributed by atoms with Crippen LogP contribution in [0.2, 0.25) is 0 Å². The van der Waals surface area contributed by atoms with Gasteiger partial charge in [-0.1, -0.05) is 45.4 Å². The molecule has 0 aliphatic rings. The number of hydrogen-bond donors (Lipinski definition) is 2. The molecule has 0 aliphatic heterocycles. The molecule has 0 fully saturated rings. The van der Waals surface area contributed by atoms with Crippen LogP contribution in [0.1, 0.15) is 62.8 Å². The Morgan fingerprint density at radius 1 is 1.22 bits per heavy atom. The summed E-state index contributed by atoms with van der Waals surface area (Å²) in [4.78, 5) is 1.30. The van der Waals surface area contributed by atoms with E-state index in [1.54, 1.807) is 11.3 Å². The number of unbranched alkanes of at least 4 members (excludes halogenated alkanes) is 5. The lowest BCUT2D eigenvalue weighted by Crippen LogP contribution is -2.27. The molecule has 3 N–H and O–H groups in total. The molecule has 104 valence electrons. The summed E-state index contributed by atoms with van der Waals surface area (Å²) in [6.07, 6.45) is 9.06. The highest BCUT2D eigenvalue weighted by Gasteiger charge is 2.14. The lowest BCUT2D eigenvalue weighted by molar-refractivity contribution is 0.482. The van der Waals surface area contributed by atoms with Gasteiger partial charge in [-0.05, 0) is 44.3 Å². The molecule has 0 radical (unpaired) electrons. The minimum absolute atomic E-state index is 0.281. The van der Waals surface area contributed by atoms with E-state index in [0.29, 0.717) is 0 Å². The molecule has 0 aliphatic carbocycles. The lowest BCUT2D eigenvalue weighted by atomic mass is 10.1. The Bertz CT molecular complexity index is 322. The van der Waals surface area contributed by atoms with Crippen molar-refractivity contribution in [3.05, 3.63) is 19.2 Å². The van der Waals surface area contributed by atoms with Gasteiger partial charge in [0.25, 0.3) is 0 Å². The molecule has 0 spiro atoms. The second-order valence-electron chi connectivity index (χ2n) is 4.55. The maximum atomic E-state index is 5.65. The summed E-state index contributed by atoms with van der Waals surface area (Å²) < 4.78 is 2.26. The Morgan fingerprint density at radius 3 is 2.44 bits per heavy atom. The second kappa shape index (κ2) is 9.48. The summed E-state index contributed by atoms with van der Waals surface area (Å²) in [5.41, 5.74) is 2.93. The van der Waals surface area contributed by atoms with Crippen LogP contribution in [0, 0.1) is 0 Å². The topological polar surface area (TPSA) is 38.0 Å². The predicted octanol–water partition coefficient (Wildman–Crippen LogP) is 5.53. The monoisotopic (exact) mass is 396 g/mol. The SMILES string of the molecule is CCCCCCCCC(NN)c1cc(Br)c(Br)s1. The van der Waals surface area contributed by atoms with Crippen molar-refractivity contribution in [2.24, 2.45) is 5.84 Å². The Labute approximate surface area is 131 Å². The summed E-state index contributed by atoms with van der Waals surface area (Å²) >= 11 is 8.79. The second-order valence-corrected chi connectivity index (χ2v) is 7.80. The van der Waals surface area contributed by atoms with Gasteiger partial charge in [0.2, 0.25) is 0 Å². The first-order valence-electron chi connectivity index (χ1n) is 6.59. The lowest BCUT2D eigenvalue weighted by Gasteiger charge is -2.13. The number of nitrogens with two attached hydrogens (primary N) is 1. The molecule has 0 amide bonds. The zero-order valence-electron chi connectivity index (χ0n) is 10.8. The average molecular weight is 398 g/mol. The first-order chi connectivity index (χ1) is 8.69. The Balaban J connectivity index is 2.29. The van der Waals surface area contributed by atoms with E-state index in [1.165, 1.54) is 43.4 Å². The zero-order chi connectivity index (χ0) is 13.4. The van der Waals surface area contributed by atoms with E-state index in [-0.39, 0.29) is 6.04 Å². The van der Waals surface area contributed by atoms with Gasteiger partial charge >= 0.3 is 0 Å². The van der Waals surface area contributed by atoms with Crippen LogP contribution >= 0.6 is 43.2 Å². The number of nitrogens with one attached hydrogen (secondary N) is 1. The van der Waals surface area contributed by atoms with Crippen molar-refractivity contribution in [3.63, 3.8) is 0 Å². The van der Waals surface area contributed by atoms with E-state index in [1.807, 2.05) is 0 Å². The van der Waals surface area contributed by atoms with Crippen LogP contribution in [-0.2, 0) is 0 Å². The van der Waals surface area contributed by atoms with Crippen LogP contribution in [0.3, 0.4) is 0 Å². The van der Waals surface area contributed by atoms with Gasteiger partial charge < -0.3 is 0 Å². The Hall–Kier alpha value is 0.580. The number of halogens is 2. The first kappa shape index (κ1) is 16.6. The van der Waals surface area contributed by atoms with Crippen LogP contribution in [0.5, 0.6) is 0 Å². The highest BCUT2D eigenvalue weighted by atomic mass is 79.9. The van der Waals surface area contributed by atoms with E-state index in [2.05, 4.69) is 50.3 Å². The third-order valence-corrected chi connectivity index (χ3v) is 6.43. The van der Waals surface area contributed by atoms with Gasteiger partial charge in [0.15, 0.2) is 0 Å². The van der Waals surface area contributed by atoms with Gasteiger partial charge in [0, 0.05) is 9.35 Å². The van der Waals surface area contributed by atoms with Gasteiger partial charge in [-0.3, -0.25) is 11.3 Å². The van der Waals surface area contributed by atoms with Crippen molar-refractivity contribution in [1.29, 1.82) is 0 Å². The van der Waals surface area contributed by atoms with Gasteiger partial charge in [-0.2, -0.15) is 0 Å². The summed E-state index contributed by atoms with van der Waals surface area (Å²) in [6.45, 7) is 2.25. The van der Waals surface area contributed by atoms with Crippen molar-refractivity contribution < 1.29 is 0 Å². The molecule has 2 nitrogen and oxygen atoms in total. The summed E-state index contributed by atoms with van der Waals surface area (Å²) in [5.74, 6) is 5.65. The van der Waals surface area contributed by atoms with Crippen molar-refractivity contribution in [1.82, 2.24) is 5.43 Å². The third-order valence-electron chi connectivity index (χ3n) is 3.06. The molecule has 1 unspecified atom stereocenters. The molecule has 0 aromatic carbocycles. The Morgan fingerprint density at radius 2 is 1.89 bits per heavy atom. The molecular weight excluding hydrogens is 376 g/mol. The molecule has 18 heavy (non-hydrogen) atoms. The molecule has 0 bridgehead atoms. The fourth-order valence-electron chi connectivity index (χ4n) is 1.97. The standard InChI is InChI=1S/C13H22Br2N2S/c1-2-3-4-5-6-7-8-11(17-16)12-9-10(14)13(15)18-12/h9,11,17H,2-8,16H2,1H3. The maximum absolute atomic E-state index is 5.65. The molecular formula is C13H22Br2N2S. The normalized spacial score (nSPS) is 12.9. The highest BCUT2D eigenvalue weighted by Crippen LogP contribution is 2.36. The molecule has 1 heterocycles. The largest absolute Gasteiger partial charge is 0.271 e. The van der Waals surface area contributed by atoms with Crippen molar-refractivity contribution in [2.75, 3.05) is 0 Å². The van der Waals surface area contributed by atoms with E-state index >= 15 is 0 Å². The van der Waals surface area contributed by atoms with Crippen LogP contribution < -0.4 is 11.3 Å². The van der Waals surface area contributed by atoms with Crippen LogP contribution in [0.4, 0.5) is 0 Å². The molecule has 1 aromatic heterocycles. The van der Waals surface area contributed by atoms with E-state index in [0.717, 1.165) is 14.7 Å². The number of thiophene rings is 1. The molecule has 1 atom stereocenters. The zero-order valence-corrected chi connectivity index (χ0v) is 14.8. The maximum Gasteiger partial charge on any atom is 0.0843 e. The summed E-state index contributed by atoms with van der Waals surface area (Å²) in [5, 5.41) is 0. The van der Waals surface area contributed by atoms with Gasteiger partial charge in [0.1, 0.15) is 0 Å². The van der Waals surface area contributed by atoms with Crippen LogP contribution in [0.15, 0.2) is 14.3 Å². The fourth-order valence-corrected chi connectivity index (χ4v) is 4.16. The quantitative estimate of drug-likeness (QED) is 0.326. The smallest absolute Gasteiger partial charge is 0.0843 e. The summed E-state index contributed by atoms with van der Waals surface area (Å²) in [7, 11) is 0. The van der Waals surface area contributed by atoms with Crippen LogP contribution in [0.25, 0.3) is 0 Å². The van der Waals surface area contributed by atoms with Crippen molar-refractivity contribution in [2.45, 2.75) is 57.9 Å². The van der Waals surface area contributed by atoms with Gasteiger partial charge in [-0.25, -0.2) is 0 Å². The molecule has 0 saturated heterocycles. The summed E-state index contributed by atoms with van der Waals surface area (Å²) in [6, 6.07) is 2.43. The van der Waals surface area contributed by atoms with Crippen molar-refractivity contribution in [3.8, 4) is 0 Å². The van der Waals surface area contributed by atoms with Gasteiger partial charge in [-0.15, -0.1) is 11.3 Å². The van der Waals surface area contributed by atoms with Gasteiger partial charge in [0.05, 0.1) is 9.83 Å². The van der Waals surface area contributed by atoms with E-state index in [4.69, 9.17) is 5.84 Å². The highest BCUT2D eigenvalue weighted by molar-refractivity contribution is 9.13. The molecule has 1 rings (SSSR count).